The fraction of sp³-hybridized carbons (Fsp3) is 0.478. The Morgan fingerprint density at radius 3 is 2.34 bits per heavy atom. The molecule has 0 saturated carbocycles. The molecule has 0 amide bonds. The number of ether oxygens (including phenoxy) is 6. The normalized spacial score (nSPS) is 27.7. The lowest BCUT2D eigenvalue weighted by Gasteiger charge is -2.26. The summed E-state index contributed by atoms with van der Waals surface area (Å²) in [7, 11) is 1.65. The van der Waals surface area contributed by atoms with E-state index in [1.54, 1.807) is 7.11 Å². The van der Waals surface area contributed by atoms with Crippen LogP contribution in [0.5, 0.6) is 5.75 Å². The van der Waals surface area contributed by atoms with E-state index in [9.17, 15) is 0 Å². The van der Waals surface area contributed by atoms with E-state index in [1.165, 1.54) is 0 Å². The highest BCUT2D eigenvalue weighted by molar-refractivity contribution is 5.26. The van der Waals surface area contributed by atoms with E-state index in [1.807, 2.05) is 68.4 Å². The molecule has 0 spiro atoms. The Morgan fingerprint density at radius 1 is 0.897 bits per heavy atom. The largest absolute Gasteiger partial charge is 0.497 e. The van der Waals surface area contributed by atoms with Crippen LogP contribution in [0.1, 0.15) is 25.0 Å². The fourth-order valence-electron chi connectivity index (χ4n) is 3.66. The van der Waals surface area contributed by atoms with Crippen LogP contribution in [0.2, 0.25) is 0 Å². The van der Waals surface area contributed by atoms with E-state index in [-0.39, 0.29) is 18.3 Å². The van der Waals surface area contributed by atoms with Gasteiger partial charge in [0.1, 0.15) is 24.1 Å². The summed E-state index contributed by atoms with van der Waals surface area (Å²) in [5.74, 6) is 0.144. The van der Waals surface area contributed by atoms with Gasteiger partial charge in [0.2, 0.25) is 0 Å². The number of hydrogen-bond donors (Lipinski definition) is 0. The monoisotopic (exact) mass is 400 g/mol. The molecule has 2 aromatic carbocycles. The van der Waals surface area contributed by atoms with Crippen molar-refractivity contribution in [1.82, 2.24) is 0 Å². The lowest BCUT2D eigenvalue weighted by atomic mass is 10.1. The van der Waals surface area contributed by atoms with Gasteiger partial charge in [-0.2, -0.15) is 0 Å². The molecule has 2 fully saturated rings. The average Bonchev–Trinajstić information content (AvgIpc) is 3.19. The topological polar surface area (TPSA) is 55.4 Å². The Labute approximate surface area is 171 Å². The Morgan fingerprint density at radius 2 is 1.62 bits per heavy atom. The van der Waals surface area contributed by atoms with Crippen LogP contribution in [0.3, 0.4) is 0 Å². The summed E-state index contributed by atoms with van der Waals surface area (Å²) in [4.78, 5) is 0. The van der Waals surface area contributed by atoms with Crippen molar-refractivity contribution in [2.45, 2.75) is 57.5 Å². The molecule has 0 radical (unpaired) electrons. The summed E-state index contributed by atoms with van der Waals surface area (Å²) in [6.45, 7) is 5.14. The van der Waals surface area contributed by atoms with Gasteiger partial charge in [-0.05, 0) is 37.1 Å². The Balaban J connectivity index is 1.36. The van der Waals surface area contributed by atoms with Crippen molar-refractivity contribution < 1.29 is 28.4 Å². The lowest BCUT2D eigenvalue weighted by Crippen LogP contribution is -2.38. The summed E-state index contributed by atoms with van der Waals surface area (Å²) in [5, 5.41) is 0. The maximum Gasteiger partial charge on any atom is 0.190 e. The first kappa shape index (κ1) is 20.3. The first-order valence-corrected chi connectivity index (χ1v) is 9.91. The van der Waals surface area contributed by atoms with E-state index in [2.05, 4.69) is 0 Å². The molecule has 2 aromatic rings. The SMILES string of the molecule is COc1ccc(COCC2OC3OC(C)(C)OC3C2OCc2ccccc2)cc1. The van der Waals surface area contributed by atoms with Crippen LogP contribution in [0, 0.1) is 0 Å². The molecule has 6 nitrogen and oxygen atoms in total. The zero-order valence-electron chi connectivity index (χ0n) is 17.1. The number of methoxy groups -OCH3 is 1. The van der Waals surface area contributed by atoms with Crippen LogP contribution in [0.15, 0.2) is 54.6 Å². The second-order valence-corrected chi connectivity index (χ2v) is 7.77. The van der Waals surface area contributed by atoms with Gasteiger partial charge < -0.3 is 28.4 Å². The Kier molecular flexibility index (Phi) is 6.18. The fourth-order valence-corrected chi connectivity index (χ4v) is 3.66. The molecule has 0 aromatic heterocycles. The molecule has 6 heteroatoms. The van der Waals surface area contributed by atoms with Gasteiger partial charge in [-0.1, -0.05) is 42.5 Å². The van der Waals surface area contributed by atoms with Gasteiger partial charge in [0.25, 0.3) is 0 Å². The molecular formula is C23H28O6. The van der Waals surface area contributed by atoms with E-state index in [0.717, 1.165) is 16.9 Å². The molecule has 2 aliphatic rings. The van der Waals surface area contributed by atoms with Crippen molar-refractivity contribution in [2.24, 2.45) is 0 Å². The predicted molar refractivity (Wildman–Crippen MR) is 106 cm³/mol. The maximum absolute atomic E-state index is 6.22. The molecule has 2 aliphatic heterocycles. The summed E-state index contributed by atoms with van der Waals surface area (Å²) < 4.78 is 35.3. The molecule has 2 saturated heterocycles. The first-order valence-electron chi connectivity index (χ1n) is 9.91. The van der Waals surface area contributed by atoms with Gasteiger partial charge in [0.15, 0.2) is 12.1 Å². The smallest absolute Gasteiger partial charge is 0.190 e. The van der Waals surface area contributed by atoms with Gasteiger partial charge in [-0.25, -0.2) is 0 Å². The molecule has 4 atom stereocenters. The van der Waals surface area contributed by atoms with Crippen LogP contribution < -0.4 is 4.74 Å². The molecule has 29 heavy (non-hydrogen) atoms. The van der Waals surface area contributed by atoms with Crippen molar-refractivity contribution >= 4 is 0 Å². The lowest BCUT2D eigenvalue weighted by molar-refractivity contribution is -0.225. The minimum absolute atomic E-state index is 0.261. The highest BCUT2D eigenvalue weighted by Crippen LogP contribution is 2.39. The number of hydrogen-bond acceptors (Lipinski definition) is 6. The zero-order valence-corrected chi connectivity index (χ0v) is 17.1. The second-order valence-electron chi connectivity index (χ2n) is 7.77. The molecule has 2 heterocycles. The molecule has 156 valence electrons. The van der Waals surface area contributed by atoms with Gasteiger partial charge in [0, 0.05) is 0 Å². The van der Waals surface area contributed by atoms with E-state index >= 15 is 0 Å². The standard InChI is InChI=1S/C23H28O6/c1-23(2)28-21-20(26-14-16-7-5-4-6-8-16)19(27-22(21)29-23)15-25-13-17-9-11-18(24-3)12-10-17/h4-12,19-22H,13-15H2,1-3H3. The van der Waals surface area contributed by atoms with Crippen LogP contribution in [-0.2, 0) is 36.9 Å². The molecule has 4 rings (SSSR count). The van der Waals surface area contributed by atoms with Crippen molar-refractivity contribution in [3.05, 3.63) is 65.7 Å². The average molecular weight is 400 g/mol. The minimum Gasteiger partial charge on any atom is -0.497 e. The molecule has 4 unspecified atom stereocenters. The highest BCUT2D eigenvalue weighted by Gasteiger charge is 2.55. The van der Waals surface area contributed by atoms with Crippen LogP contribution in [0.4, 0.5) is 0 Å². The van der Waals surface area contributed by atoms with Crippen molar-refractivity contribution in [3.63, 3.8) is 0 Å². The third kappa shape index (κ3) is 4.97. The summed E-state index contributed by atoms with van der Waals surface area (Å²) in [6, 6.07) is 17.9. The van der Waals surface area contributed by atoms with E-state index in [4.69, 9.17) is 28.4 Å². The number of fused-ring (bicyclic) bond motifs is 1. The summed E-state index contributed by atoms with van der Waals surface area (Å²) >= 11 is 0. The van der Waals surface area contributed by atoms with Crippen LogP contribution in [-0.4, -0.2) is 44.1 Å². The van der Waals surface area contributed by atoms with Gasteiger partial charge in [-0.15, -0.1) is 0 Å². The van der Waals surface area contributed by atoms with Crippen molar-refractivity contribution in [2.75, 3.05) is 13.7 Å². The Bertz CT molecular complexity index is 776. The molecular weight excluding hydrogens is 372 g/mol. The van der Waals surface area contributed by atoms with Gasteiger partial charge in [0.05, 0.1) is 26.9 Å². The summed E-state index contributed by atoms with van der Waals surface area (Å²) in [6.07, 6.45) is -1.25. The third-order valence-electron chi connectivity index (χ3n) is 5.08. The molecule has 0 bridgehead atoms. The maximum atomic E-state index is 6.22. The zero-order chi connectivity index (χ0) is 20.3. The second kappa shape index (κ2) is 8.81. The van der Waals surface area contributed by atoms with E-state index < -0.39 is 12.1 Å². The van der Waals surface area contributed by atoms with Crippen molar-refractivity contribution in [1.29, 1.82) is 0 Å². The summed E-state index contributed by atoms with van der Waals surface area (Å²) in [5.41, 5.74) is 2.17. The number of benzene rings is 2. The molecule has 0 N–H and O–H groups in total. The molecule has 0 aliphatic carbocycles. The van der Waals surface area contributed by atoms with Gasteiger partial charge >= 0.3 is 0 Å². The Hall–Kier alpha value is -1.96. The predicted octanol–water partition coefficient (Wildman–Crippen LogP) is 3.67. The van der Waals surface area contributed by atoms with Crippen LogP contribution >= 0.6 is 0 Å². The van der Waals surface area contributed by atoms with Crippen molar-refractivity contribution in [3.8, 4) is 5.75 Å². The third-order valence-corrected chi connectivity index (χ3v) is 5.08. The van der Waals surface area contributed by atoms with E-state index in [0.29, 0.717) is 19.8 Å². The van der Waals surface area contributed by atoms with Crippen LogP contribution in [0.25, 0.3) is 0 Å². The number of rotatable bonds is 8. The van der Waals surface area contributed by atoms with Gasteiger partial charge in [-0.3, -0.25) is 0 Å². The minimum atomic E-state index is -0.682. The first-order chi connectivity index (χ1) is 14.0. The highest BCUT2D eigenvalue weighted by atomic mass is 16.8. The quantitative estimate of drug-likeness (QED) is 0.674.